The highest BCUT2D eigenvalue weighted by atomic mass is 16.3. The second kappa shape index (κ2) is 6.63. The normalized spacial score (nSPS) is 16.9. The Morgan fingerprint density at radius 2 is 1.95 bits per heavy atom. The molecule has 0 radical (unpaired) electrons. The number of furan rings is 1. The van der Waals surface area contributed by atoms with Crippen molar-refractivity contribution in [3.05, 3.63) is 35.6 Å². The van der Waals surface area contributed by atoms with Crippen LogP contribution in [0.3, 0.4) is 0 Å². The summed E-state index contributed by atoms with van der Waals surface area (Å²) in [6, 6.07) is 9.02. The number of fused-ring (bicyclic) bond motifs is 1. The molecule has 1 aliphatic carbocycles. The van der Waals surface area contributed by atoms with Crippen LogP contribution >= 0.6 is 0 Å². The van der Waals surface area contributed by atoms with Crippen molar-refractivity contribution in [1.29, 1.82) is 0 Å². The summed E-state index contributed by atoms with van der Waals surface area (Å²) in [5, 5.41) is 1.23. The Balaban J connectivity index is 1.88. The second-order valence-electron chi connectivity index (χ2n) is 6.06. The van der Waals surface area contributed by atoms with E-state index in [1.807, 2.05) is 12.1 Å². The molecular formula is C18H26N2O. The molecule has 0 atom stereocenters. The first-order valence-electron chi connectivity index (χ1n) is 8.27. The highest BCUT2D eigenvalue weighted by molar-refractivity contribution is 5.82. The lowest BCUT2D eigenvalue weighted by molar-refractivity contribution is 0.155. The van der Waals surface area contributed by atoms with Gasteiger partial charge in [-0.2, -0.15) is 0 Å². The molecule has 1 fully saturated rings. The Morgan fingerprint density at radius 3 is 2.67 bits per heavy atom. The highest BCUT2D eigenvalue weighted by Crippen LogP contribution is 2.29. The highest BCUT2D eigenvalue weighted by Gasteiger charge is 2.22. The van der Waals surface area contributed by atoms with E-state index in [2.05, 4.69) is 24.0 Å². The molecule has 3 rings (SSSR count). The van der Waals surface area contributed by atoms with Gasteiger partial charge in [-0.1, -0.05) is 44.4 Å². The lowest BCUT2D eigenvalue weighted by atomic mass is 9.93. The van der Waals surface area contributed by atoms with Gasteiger partial charge in [-0.25, -0.2) is 0 Å². The smallest absolute Gasteiger partial charge is 0.134 e. The summed E-state index contributed by atoms with van der Waals surface area (Å²) in [6.45, 7) is 4.80. The molecule has 0 spiro atoms. The molecule has 0 unspecified atom stereocenters. The van der Waals surface area contributed by atoms with Crippen molar-refractivity contribution >= 4 is 11.0 Å². The second-order valence-corrected chi connectivity index (χ2v) is 6.06. The van der Waals surface area contributed by atoms with Gasteiger partial charge < -0.3 is 10.2 Å². The van der Waals surface area contributed by atoms with Crippen LogP contribution in [0.4, 0.5) is 0 Å². The standard InChI is InChI=1S/C18H26N2O/c1-2-20(14-8-4-3-5-9-14)13-16-15-10-6-7-11-17(15)21-18(16)12-19/h6-7,10-11,14H,2-5,8-9,12-13,19H2,1H3. The van der Waals surface area contributed by atoms with Crippen LogP contribution in [0.1, 0.15) is 50.4 Å². The SMILES string of the molecule is CCN(Cc1c(CN)oc2ccccc12)C1CCCCC1. The van der Waals surface area contributed by atoms with Gasteiger partial charge in [0, 0.05) is 23.5 Å². The minimum Gasteiger partial charge on any atom is -0.459 e. The van der Waals surface area contributed by atoms with Gasteiger partial charge in [0.2, 0.25) is 0 Å². The molecule has 2 aromatic rings. The summed E-state index contributed by atoms with van der Waals surface area (Å²) in [4.78, 5) is 2.61. The summed E-state index contributed by atoms with van der Waals surface area (Å²) in [5.74, 6) is 0.949. The van der Waals surface area contributed by atoms with Crippen molar-refractivity contribution in [3.63, 3.8) is 0 Å². The average molecular weight is 286 g/mol. The van der Waals surface area contributed by atoms with Gasteiger partial charge in [0.25, 0.3) is 0 Å². The molecule has 0 amide bonds. The van der Waals surface area contributed by atoms with Crippen molar-refractivity contribution in [1.82, 2.24) is 4.90 Å². The van der Waals surface area contributed by atoms with Gasteiger partial charge in [-0.05, 0) is 25.5 Å². The topological polar surface area (TPSA) is 42.4 Å². The quantitative estimate of drug-likeness (QED) is 0.901. The Morgan fingerprint density at radius 1 is 1.19 bits per heavy atom. The van der Waals surface area contributed by atoms with E-state index in [0.29, 0.717) is 6.54 Å². The Kier molecular flexibility index (Phi) is 4.61. The predicted octanol–water partition coefficient (Wildman–Crippen LogP) is 4.05. The van der Waals surface area contributed by atoms with E-state index in [9.17, 15) is 0 Å². The van der Waals surface area contributed by atoms with Crippen molar-refractivity contribution in [3.8, 4) is 0 Å². The fourth-order valence-electron chi connectivity index (χ4n) is 3.64. The van der Waals surface area contributed by atoms with E-state index in [-0.39, 0.29) is 0 Å². The maximum Gasteiger partial charge on any atom is 0.134 e. The van der Waals surface area contributed by atoms with Crippen molar-refractivity contribution < 1.29 is 4.42 Å². The van der Waals surface area contributed by atoms with Crippen molar-refractivity contribution in [2.45, 2.75) is 58.2 Å². The molecule has 3 heteroatoms. The maximum atomic E-state index is 5.93. The lowest BCUT2D eigenvalue weighted by Gasteiger charge is -2.33. The third-order valence-corrected chi connectivity index (χ3v) is 4.83. The first kappa shape index (κ1) is 14.6. The van der Waals surface area contributed by atoms with Crippen LogP contribution in [0, 0.1) is 0 Å². The van der Waals surface area contributed by atoms with E-state index in [1.54, 1.807) is 0 Å². The number of nitrogens with zero attached hydrogens (tertiary/aromatic N) is 1. The molecule has 114 valence electrons. The molecule has 0 aliphatic heterocycles. The van der Waals surface area contributed by atoms with E-state index < -0.39 is 0 Å². The van der Waals surface area contributed by atoms with E-state index >= 15 is 0 Å². The first-order valence-corrected chi connectivity index (χ1v) is 8.27. The molecule has 3 nitrogen and oxygen atoms in total. The van der Waals surface area contributed by atoms with Crippen molar-refractivity contribution in [2.24, 2.45) is 5.73 Å². The fraction of sp³-hybridized carbons (Fsp3) is 0.556. The van der Waals surface area contributed by atoms with Gasteiger partial charge in [0.1, 0.15) is 11.3 Å². The Bertz CT molecular complexity index is 584. The minimum absolute atomic E-state index is 0.478. The number of benzene rings is 1. The van der Waals surface area contributed by atoms with Crippen LogP contribution in [-0.2, 0) is 13.1 Å². The third-order valence-electron chi connectivity index (χ3n) is 4.83. The number of hydrogen-bond acceptors (Lipinski definition) is 3. The van der Waals surface area contributed by atoms with Crippen LogP contribution in [0.15, 0.2) is 28.7 Å². The van der Waals surface area contributed by atoms with Gasteiger partial charge in [0.15, 0.2) is 0 Å². The van der Waals surface area contributed by atoms with E-state index in [4.69, 9.17) is 10.2 Å². The van der Waals surface area contributed by atoms with Gasteiger partial charge in [-0.15, -0.1) is 0 Å². The number of rotatable bonds is 5. The zero-order valence-electron chi connectivity index (χ0n) is 13.0. The van der Waals surface area contributed by atoms with Crippen molar-refractivity contribution in [2.75, 3.05) is 6.54 Å². The van der Waals surface area contributed by atoms with Gasteiger partial charge in [-0.3, -0.25) is 4.90 Å². The molecule has 21 heavy (non-hydrogen) atoms. The summed E-state index contributed by atoms with van der Waals surface area (Å²) in [5.41, 5.74) is 8.16. The largest absolute Gasteiger partial charge is 0.459 e. The van der Waals surface area contributed by atoms with E-state index in [1.165, 1.54) is 43.1 Å². The molecule has 1 saturated carbocycles. The lowest BCUT2D eigenvalue weighted by Crippen LogP contribution is -2.36. The third kappa shape index (κ3) is 2.99. The molecular weight excluding hydrogens is 260 g/mol. The zero-order chi connectivity index (χ0) is 14.7. The molecule has 2 N–H and O–H groups in total. The van der Waals surface area contributed by atoms with Crippen LogP contribution in [0.25, 0.3) is 11.0 Å². The molecule has 1 aromatic heterocycles. The summed E-state index contributed by atoms with van der Waals surface area (Å²) in [7, 11) is 0. The van der Waals surface area contributed by atoms with Crippen LogP contribution < -0.4 is 5.73 Å². The summed E-state index contributed by atoms with van der Waals surface area (Å²) >= 11 is 0. The molecule has 0 bridgehead atoms. The monoisotopic (exact) mass is 286 g/mol. The maximum absolute atomic E-state index is 5.93. The Labute approximate surface area is 127 Å². The zero-order valence-corrected chi connectivity index (χ0v) is 13.0. The summed E-state index contributed by atoms with van der Waals surface area (Å²) in [6.07, 6.45) is 6.81. The van der Waals surface area contributed by atoms with Crippen LogP contribution in [0.5, 0.6) is 0 Å². The Hall–Kier alpha value is -1.32. The molecule has 1 heterocycles. The van der Waals surface area contributed by atoms with Gasteiger partial charge in [0.05, 0.1) is 6.54 Å². The van der Waals surface area contributed by atoms with Crippen LogP contribution in [0.2, 0.25) is 0 Å². The van der Waals surface area contributed by atoms with Gasteiger partial charge >= 0.3 is 0 Å². The van der Waals surface area contributed by atoms with Crippen LogP contribution in [-0.4, -0.2) is 17.5 Å². The molecule has 1 aromatic carbocycles. The summed E-state index contributed by atoms with van der Waals surface area (Å²) < 4.78 is 5.93. The fourth-order valence-corrected chi connectivity index (χ4v) is 3.64. The molecule has 0 saturated heterocycles. The molecule has 1 aliphatic rings. The predicted molar refractivity (Wildman–Crippen MR) is 87.1 cm³/mol. The minimum atomic E-state index is 0.478. The first-order chi connectivity index (χ1) is 10.3. The number of hydrogen-bond donors (Lipinski definition) is 1. The number of para-hydroxylation sites is 1. The number of nitrogens with two attached hydrogens (primary N) is 1. The average Bonchev–Trinajstić information content (AvgIpc) is 2.91. The van der Waals surface area contributed by atoms with E-state index in [0.717, 1.165) is 30.5 Å².